The molecule has 1 aromatic heterocycles. The standard InChI is InChI=1S/C16H21F3N4O2/c17-16(18,19)9-20-15(25)13-8-12(21-22-13)11-3-5-23(6-4-11)14(24)7-10-1-2-10/h8,10-11H,1-7,9H2,(H,20,25)(H,21,22). The number of amides is 2. The van der Waals surface area contributed by atoms with Crippen LogP contribution in [0.2, 0.25) is 0 Å². The van der Waals surface area contributed by atoms with Crippen LogP contribution in [-0.4, -0.2) is 52.7 Å². The van der Waals surface area contributed by atoms with E-state index in [0.29, 0.717) is 25.4 Å². The number of likely N-dealkylation sites (tertiary alicyclic amines) is 1. The molecule has 9 heteroatoms. The number of nitrogens with zero attached hydrogens (tertiary/aromatic N) is 2. The summed E-state index contributed by atoms with van der Waals surface area (Å²) in [5, 5.41) is 8.35. The van der Waals surface area contributed by atoms with Crippen LogP contribution in [-0.2, 0) is 4.79 Å². The Kier molecular flexibility index (Phi) is 5.01. The minimum atomic E-state index is -4.45. The van der Waals surface area contributed by atoms with Crippen molar-refractivity contribution in [2.75, 3.05) is 19.6 Å². The van der Waals surface area contributed by atoms with Gasteiger partial charge >= 0.3 is 6.18 Å². The van der Waals surface area contributed by atoms with Gasteiger partial charge in [0.1, 0.15) is 12.2 Å². The minimum absolute atomic E-state index is 0.0495. The van der Waals surface area contributed by atoms with Gasteiger partial charge in [-0.25, -0.2) is 0 Å². The van der Waals surface area contributed by atoms with Gasteiger partial charge in [0.2, 0.25) is 5.91 Å². The molecule has 0 aromatic carbocycles. The molecule has 1 saturated heterocycles. The van der Waals surface area contributed by atoms with E-state index in [1.54, 1.807) is 5.32 Å². The zero-order valence-corrected chi connectivity index (χ0v) is 13.7. The molecule has 2 amide bonds. The number of H-pyrrole nitrogens is 1. The van der Waals surface area contributed by atoms with E-state index in [0.717, 1.165) is 31.4 Å². The van der Waals surface area contributed by atoms with Crippen LogP contribution in [0.5, 0.6) is 0 Å². The van der Waals surface area contributed by atoms with Crippen molar-refractivity contribution in [2.45, 2.75) is 44.2 Å². The lowest BCUT2D eigenvalue weighted by molar-refractivity contribution is -0.132. The molecule has 2 fully saturated rings. The number of piperidine rings is 1. The smallest absolute Gasteiger partial charge is 0.343 e. The van der Waals surface area contributed by atoms with E-state index in [9.17, 15) is 22.8 Å². The molecule has 0 atom stereocenters. The molecule has 1 saturated carbocycles. The molecule has 1 aliphatic heterocycles. The molecule has 2 N–H and O–H groups in total. The molecule has 25 heavy (non-hydrogen) atoms. The minimum Gasteiger partial charge on any atom is -0.343 e. The Morgan fingerprint density at radius 1 is 1.24 bits per heavy atom. The van der Waals surface area contributed by atoms with E-state index < -0.39 is 18.6 Å². The van der Waals surface area contributed by atoms with Crippen molar-refractivity contribution in [1.29, 1.82) is 0 Å². The van der Waals surface area contributed by atoms with Crippen LogP contribution in [0, 0.1) is 5.92 Å². The van der Waals surface area contributed by atoms with Crippen molar-refractivity contribution in [2.24, 2.45) is 5.92 Å². The third kappa shape index (κ3) is 4.96. The van der Waals surface area contributed by atoms with E-state index >= 15 is 0 Å². The van der Waals surface area contributed by atoms with E-state index in [4.69, 9.17) is 0 Å². The third-order valence-corrected chi connectivity index (χ3v) is 4.73. The number of carbonyl (C=O) groups is 2. The second-order valence-electron chi connectivity index (χ2n) is 6.81. The van der Waals surface area contributed by atoms with Gasteiger partial charge in [-0.15, -0.1) is 0 Å². The number of carbonyl (C=O) groups excluding carboxylic acids is 2. The van der Waals surface area contributed by atoms with Crippen molar-refractivity contribution >= 4 is 11.8 Å². The summed E-state index contributed by atoms with van der Waals surface area (Å²) in [5.74, 6) is 0.0480. The number of halogens is 3. The van der Waals surface area contributed by atoms with Crippen LogP contribution in [0.1, 0.15) is 54.2 Å². The van der Waals surface area contributed by atoms with E-state index in [2.05, 4.69) is 10.2 Å². The van der Waals surface area contributed by atoms with Crippen molar-refractivity contribution in [1.82, 2.24) is 20.4 Å². The maximum Gasteiger partial charge on any atom is 0.405 e. The third-order valence-electron chi connectivity index (χ3n) is 4.73. The van der Waals surface area contributed by atoms with Gasteiger partial charge in [0, 0.05) is 31.1 Å². The van der Waals surface area contributed by atoms with Crippen molar-refractivity contribution in [3.05, 3.63) is 17.5 Å². The summed E-state index contributed by atoms with van der Waals surface area (Å²) in [6.45, 7) is -0.0643. The Morgan fingerprint density at radius 2 is 1.92 bits per heavy atom. The van der Waals surface area contributed by atoms with E-state index in [1.807, 2.05) is 4.90 Å². The van der Waals surface area contributed by atoms with Crippen molar-refractivity contribution in [3.63, 3.8) is 0 Å². The van der Waals surface area contributed by atoms with Crippen LogP contribution in [0.25, 0.3) is 0 Å². The number of nitrogens with one attached hydrogen (secondary N) is 2. The molecular weight excluding hydrogens is 337 g/mol. The zero-order valence-electron chi connectivity index (χ0n) is 13.7. The molecule has 138 valence electrons. The Balaban J connectivity index is 1.49. The number of hydrogen-bond donors (Lipinski definition) is 2. The molecule has 6 nitrogen and oxygen atoms in total. The van der Waals surface area contributed by atoms with Gasteiger partial charge in [0.25, 0.3) is 5.91 Å². The molecule has 3 rings (SSSR count). The molecule has 0 bridgehead atoms. The molecular formula is C16H21F3N4O2. The molecule has 1 aromatic rings. The van der Waals surface area contributed by atoms with Crippen molar-refractivity contribution in [3.8, 4) is 0 Å². The lowest BCUT2D eigenvalue weighted by Crippen LogP contribution is -2.38. The summed E-state index contributed by atoms with van der Waals surface area (Å²) in [6, 6.07) is 1.50. The Bertz CT molecular complexity index is 632. The molecule has 1 aliphatic carbocycles. The monoisotopic (exact) mass is 358 g/mol. The highest BCUT2D eigenvalue weighted by Gasteiger charge is 2.31. The summed E-state index contributed by atoms with van der Waals surface area (Å²) in [7, 11) is 0. The Labute approximate surface area is 143 Å². The van der Waals surface area contributed by atoms with Gasteiger partial charge in [-0.05, 0) is 37.7 Å². The maximum absolute atomic E-state index is 12.1. The second kappa shape index (κ2) is 7.05. The van der Waals surface area contributed by atoms with Crippen LogP contribution in [0.4, 0.5) is 13.2 Å². The number of aromatic nitrogens is 2. The molecule has 2 aliphatic rings. The predicted molar refractivity (Wildman–Crippen MR) is 82.9 cm³/mol. The average Bonchev–Trinajstić information content (AvgIpc) is 3.24. The first-order valence-corrected chi connectivity index (χ1v) is 8.50. The zero-order chi connectivity index (χ0) is 18.0. The van der Waals surface area contributed by atoms with E-state index in [-0.39, 0.29) is 17.5 Å². The van der Waals surface area contributed by atoms with Crippen LogP contribution in [0.3, 0.4) is 0 Å². The molecule has 0 unspecified atom stereocenters. The number of rotatable bonds is 5. The highest BCUT2D eigenvalue weighted by atomic mass is 19.4. The van der Waals surface area contributed by atoms with Crippen LogP contribution >= 0.6 is 0 Å². The highest BCUT2D eigenvalue weighted by molar-refractivity contribution is 5.92. The quantitative estimate of drug-likeness (QED) is 0.847. The van der Waals surface area contributed by atoms with Crippen LogP contribution in [0.15, 0.2) is 6.07 Å². The molecule has 0 spiro atoms. The summed E-state index contributed by atoms with van der Waals surface area (Å²) >= 11 is 0. The molecule has 2 heterocycles. The van der Waals surface area contributed by atoms with Crippen molar-refractivity contribution < 1.29 is 22.8 Å². The SMILES string of the molecule is O=C(NCC(F)(F)F)c1cc(C2CCN(C(=O)CC3CC3)CC2)[nH]n1. The molecule has 0 radical (unpaired) electrons. The lowest BCUT2D eigenvalue weighted by Gasteiger charge is -2.31. The summed E-state index contributed by atoms with van der Waals surface area (Å²) in [4.78, 5) is 25.7. The van der Waals surface area contributed by atoms with Gasteiger partial charge in [0.05, 0.1) is 0 Å². The topological polar surface area (TPSA) is 78.1 Å². The lowest BCUT2D eigenvalue weighted by atomic mass is 9.93. The summed E-state index contributed by atoms with van der Waals surface area (Å²) < 4.78 is 36.4. The summed E-state index contributed by atoms with van der Waals surface area (Å²) in [6.07, 6.45) is -0.0115. The normalized spacial score (nSPS) is 19.1. The van der Waals surface area contributed by atoms with Crippen LogP contribution < -0.4 is 5.32 Å². The van der Waals surface area contributed by atoms with Gasteiger partial charge in [0.15, 0.2) is 0 Å². The predicted octanol–water partition coefficient (Wildman–Crippen LogP) is 2.21. The first-order valence-electron chi connectivity index (χ1n) is 8.50. The average molecular weight is 358 g/mol. The fourth-order valence-corrected chi connectivity index (χ4v) is 3.07. The van der Waals surface area contributed by atoms with E-state index in [1.165, 1.54) is 6.07 Å². The fraction of sp³-hybridized carbons (Fsp3) is 0.688. The highest BCUT2D eigenvalue weighted by Crippen LogP contribution is 2.34. The maximum atomic E-state index is 12.1. The van der Waals surface area contributed by atoms with Gasteiger partial charge < -0.3 is 10.2 Å². The fourth-order valence-electron chi connectivity index (χ4n) is 3.07. The first-order chi connectivity index (χ1) is 11.8. The number of alkyl halides is 3. The number of hydrogen-bond acceptors (Lipinski definition) is 3. The number of aromatic amines is 1. The second-order valence-corrected chi connectivity index (χ2v) is 6.81. The Morgan fingerprint density at radius 3 is 2.52 bits per heavy atom. The summed E-state index contributed by atoms with van der Waals surface area (Å²) in [5.41, 5.74) is 0.679. The largest absolute Gasteiger partial charge is 0.405 e. The Hall–Kier alpha value is -2.06. The first kappa shape index (κ1) is 17.8. The van der Waals surface area contributed by atoms with Gasteiger partial charge in [-0.1, -0.05) is 0 Å². The van der Waals surface area contributed by atoms with Gasteiger partial charge in [-0.3, -0.25) is 14.7 Å². The van der Waals surface area contributed by atoms with Gasteiger partial charge in [-0.2, -0.15) is 18.3 Å².